The number of rotatable bonds is 22. The van der Waals surface area contributed by atoms with E-state index in [0.29, 0.717) is 26.1 Å². The van der Waals surface area contributed by atoms with Crippen LogP contribution in [0.1, 0.15) is 117 Å². The van der Waals surface area contributed by atoms with Crippen LogP contribution in [0.3, 0.4) is 0 Å². The van der Waals surface area contributed by atoms with E-state index in [4.69, 9.17) is 14.6 Å². The van der Waals surface area contributed by atoms with Crippen LogP contribution in [0.4, 0.5) is 0 Å². The number of ether oxygens (including phenoxy) is 2. The van der Waals surface area contributed by atoms with E-state index in [2.05, 4.69) is 6.92 Å². The Morgan fingerprint density at radius 2 is 1.40 bits per heavy atom. The van der Waals surface area contributed by atoms with Gasteiger partial charge in [-0.3, -0.25) is 4.79 Å². The van der Waals surface area contributed by atoms with Gasteiger partial charge in [0.25, 0.3) is 0 Å². The fraction of sp³-hybridized carbons (Fsp3) is 0.958. The minimum atomic E-state index is -0.346. The molecule has 5 nitrogen and oxygen atoms in total. The van der Waals surface area contributed by atoms with Crippen molar-refractivity contribution in [2.24, 2.45) is 0 Å². The Hall–Kier alpha value is 0.454. The van der Waals surface area contributed by atoms with Crippen molar-refractivity contribution in [3.63, 3.8) is 0 Å². The van der Waals surface area contributed by atoms with Gasteiger partial charge in [0, 0.05) is 52.3 Å². The second-order valence-corrected chi connectivity index (χ2v) is 8.08. The third kappa shape index (κ3) is 21.7. The van der Waals surface area contributed by atoms with Gasteiger partial charge in [-0.05, 0) is 39.0 Å². The van der Waals surface area contributed by atoms with E-state index in [1.807, 2.05) is 6.92 Å². The standard InChI is InChI=1S/C24H48O5.Y/c1-3-5-6-7-9-12-17-22(26)23(28-4-2)18-13-10-8-11-14-19-24(27)29-21-16-15-20-25;/h22-23,25-26H,3-21H2,1-2H3;. The second-order valence-electron chi connectivity index (χ2n) is 8.08. The number of esters is 1. The van der Waals surface area contributed by atoms with Gasteiger partial charge in [0.05, 0.1) is 18.8 Å². The number of carbonyl (C=O) groups excluding carboxylic acids is 1. The van der Waals surface area contributed by atoms with Crippen molar-refractivity contribution < 1.29 is 57.2 Å². The van der Waals surface area contributed by atoms with E-state index in [1.54, 1.807) is 0 Å². The van der Waals surface area contributed by atoms with Gasteiger partial charge in [-0.15, -0.1) is 0 Å². The zero-order valence-electron chi connectivity index (χ0n) is 19.8. The maximum Gasteiger partial charge on any atom is 0.305 e. The van der Waals surface area contributed by atoms with E-state index in [0.717, 1.165) is 57.8 Å². The Balaban J connectivity index is 0. The smallest absolute Gasteiger partial charge is 0.305 e. The first-order chi connectivity index (χ1) is 14.2. The van der Waals surface area contributed by atoms with Crippen molar-refractivity contribution in [1.82, 2.24) is 0 Å². The molecule has 0 saturated carbocycles. The zero-order valence-corrected chi connectivity index (χ0v) is 22.6. The fourth-order valence-electron chi connectivity index (χ4n) is 3.54. The van der Waals surface area contributed by atoms with Gasteiger partial charge < -0.3 is 19.7 Å². The van der Waals surface area contributed by atoms with Crippen molar-refractivity contribution in [3.8, 4) is 0 Å². The molecule has 6 heteroatoms. The van der Waals surface area contributed by atoms with E-state index in [-0.39, 0.29) is 57.5 Å². The molecule has 2 N–H and O–H groups in total. The third-order valence-corrected chi connectivity index (χ3v) is 5.35. The molecule has 0 heterocycles. The van der Waals surface area contributed by atoms with Crippen molar-refractivity contribution in [3.05, 3.63) is 0 Å². The van der Waals surface area contributed by atoms with Crippen LogP contribution in [0, 0.1) is 0 Å². The molecule has 2 unspecified atom stereocenters. The molecule has 0 rings (SSSR count). The van der Waals surface area contributed by atoms with E-state index >= 15 is 0 Å². The van der Waals surface area contributed by atoms with Crippen LogP contribution in [-0.2, 0) is 47.0 Å². The molecule has 0 saturated heterocycles. The van der Waals surface area contributed by atoms with Crippen LogP contribution >= 0.6 is 0 Å². The molecular formula is C24H48O5Y. The summed E-state index contributed by atoms with van der Waals surface area (Å²) in [4.78, 5) is 11.6. The summed E-state index contributed by atoms with van der Waals surface area (Å²) in [5.74, 6) is -0.128. The van der Waals surface area contributed by atoms with E-state index < -0.39 is 0 Å². The van der Waals surface area contributed by atoms with Crippen molar-refractivity contribution in [2.75, 3.05) is 19.8 Å². The van der Waals surface area contributed by atoms with Crippen LogP contribution in [0.5, 0.6) is 0 Å². The Kier molecular flexibility index (Phi) is 28.0. The summed E-state index contributed by atoms with van der Waals surface area (Å²) in [5, 5.41) is 19.1. The summed E-state index contributed by atoms with van der Waals surface area (Å²) >= 11 is 0. The van der Waals surface area contributed by atoms with E-state index in [9.17, 15) is 9.90 Å². The average molecular weight is 506 g/mol. The number of aliphatic hydroxyl groups excluding tert-OH is 2. The quantitative estimate of drug-likeness (QED) is 0.149. The second kappa shape index (κ2) is 25.7. The first-order valence-electron chi connectivity index (χ1n) is 12.2. The fourth-order valence-corrected chi connectivity index (χ4v) is 3.54. The van der Waals surface area contributed by atoms with Gasteiger partial charge in [-0.1, -0.05) is 71.1 Å². The summed E-state index contributed by atoms with van der Waals surface area (Å²) in [6.07, 6.45) is 15.9. The Labute approximate surface area is 210 Å². The van der Waals surface area contributed by atoms with Gasteiger partial charge in [-0.25, -0.2) is 0 Å². The number of aliphatic hydroxyl groups is 2. The Morgan fingerprint density at radius 3 is 2.03 bits per heavy atom. The van der Waals surface area contributed by atoms with Crippen molar-refractivity contribution in [1.29, 1.82) is 0 Å². The predicted octanol–water partition coefficient (Wildman–Crippen LogP) is 5.55. The van der Waals surface area contributed by atoms with Gasteiger partial charge >= 0.3 is 5.97 Å². The van der Waals surface area contributed by atoms with Crippen LogP contribution in [0.15, 0.2) is 0 Å². The molecule has 0 bridgehead atoms. The molecule has 0 amide bonds. The molecule has 2 atom stereocenters. The summed E-state index contributed by atoms with van der Waals surface area (Å²) in [6, 6.07) is 0. The van der Waals surface area contributed by atoms with Gasteiger partial charge in [0.1, 0.15) is 0 Å². The number of unbranched alkanes of at least 4 members (excludes halogenated alkanes) is 10. The number of hydrogen-bond donors (Lipinski definition) is 2. The molecule has 0 aliphatic heterocycles. The van der Waals surface area contributed by atoms with Crippen LogP contribution in [0.2, 0.25) is 0 Å². The number of hydrogen-bond acceptors (Lipinski definition) is 5. The maximum absolute atomic E-state index is 11.6. The monoisotopic (exact) mass is 505 g/mol. The first-order valence-corrected chi connectivity index (χ1v) is 12.2. The minimum absolute atomic E-state index is 0. The Bertz CT molecular complexity index is 354. The van der Waals surface area contributed by atoms with Crippen LogP contribution < -0.4 is 0 Å². The predicted molar refractivity (Wildman–Crippen MR) is 119 cm³/mol. The molecule has 30 heavy (non-hydrogen) atoms. The largest absolute Gasteiger partial charge is 0.466 e. The van der Waals surface area contributed by atoms with Gasteiger partial charge in [-0.2, -0.15) is 0 Å². The molecule has 0 aromatic rings. The molecule has 0 spiro atoms. The summed E-state index contributed by atoms with van der Waals surface area (Å²) < 4.78 is 10.9. The molecule has 0 aromatic heterocycles. The minimum Gasteiger partial charge on any atom is -0.466 e. The molecule has 0 aliphatic rings. The van der Waals surface area contributed by atoms with Gasteiger partial charge in [0.15, 0.2) is 0 Å². The Morgan fingerprint density at radius 1 is 0.800 bits per heavy atom. The molecule has 0 fully saturated rings. The topological polar surface area (TPSA) is 76.0 Å². The SMILES string of the molecule is CCCCCCCCC(O)C(CCCCCCCC(=O)OCCCCO)OCC.[Y]. The molecular weight excluding hydrogens is 457 g/mol. The zero-order chi connectivity index (χ0) is 21.6. The number of carbonyl (C=O) groups is 1. The summed E-state index contributed by atoms with van der Waals surface area (Å²) in [5.41, 5.74) is 0. The maximum atomic E-state index is 11.6. The molecule has 177 valence electrons. The third-order valence-electron chi connectivity index (χ3n) is 5.35. The summed E-state index contributed by atoms with van der Waals surface area (Å²) in [6.45, 7) is 5.44. The normalized spacial score (nSPS) is 12.9. The van der Waals surface area contributed by atoms with Crippen LogP contribution in [-0.4, -0.2) is 48.2 Å². The molecule has 0 aliphatic carbocycles. The molecule has 1 radical (unpaired) electrons. The first kappa shape index (κ1) is 32.6. The average Bonchev–Trinajstić information content (AvgIpc) is 2.72. The van der Waals surface area contributed by atoms with Crippen molar-refractivity contribution in [2.45, 2.75) is 129 Å². The van der Waals surface area contributed by atoms with E-state index in [1.165, 1.54) is 32.1 Å². The molecule has 0 aromatic carbocycles. The summed E-state index contributed by atoms with van der Waals surface area (Å²) in [7, 11) is 0. The van der Waals surface area contributed by atoms with Gasteiger partial charge in [0.2, 0.25) is 0 Å². The van der Waals surface area contributed by atoms with Crippen molar-refractivity contribution >= 4 is 5.97 Å². The van der Waals surface area contributed by atoms with Crippen LogP contribution in [0.25, 0.3) is 0 Å².